The molecular weight excluding hydrogens is 274 g/mol. The van der Waals surface area contributed by atoms with E-state index in [1.807, 2.05) is 0 Å². The summed E-state index contributed by atoms with van der Waals surface area (Å²) in [4.78, 5) is 0.0604. The molecule has 0 aliphatic carbocycles. The molecule has 0 unspecified atom stereocenters. The number of hydrogen-bond donors (Lipinski definition) is 0. The number of rotatable bonds is 2. The Balaban J connectivity index is 0.00000112. The van der Waals surface area contributed by atoms with Gasteiger partial charge in [-0.1, -0.05) is 10.2 Å². The fraction of sp³-hybridized carbons (Fsp3) is 0. The van der Waals surface area contributed by atoms with Crippen LogP contribution >= 0.6 is 0 Å². The molecule has 72 valence electrons. The van der Waals surface area contributed by atoms with E-state index in [1.165, 1.54) is 0 Å². The Labute approximate surface area is 172 Å². The summed E-state index contributed by atoms with van der Waals surface area (Å²) in [7, 11) is 0. The number of aromatic nitrogens is 8. The van der Waals surface area contributed by atoms with Gasteiger partial charge in [-0.15, -0.1) is 10.2 Å². The van der Waals surface area contributed by atoms with Gasteiger partial charge in [0.1, 0.15) is 0 Å². The third-order valence-corrected chi connectivity index (χ3v) is 1.08. The first kappa shape index (κ1) is 16.6. The molecule has 14 heteroatoms. The Morgan fingerprint density at radius 2 is 1.19 bits per heavy atom. The first-order chi connectivity index (χ1) is 6.77. The van der Waals surface area contributed by atoms with Gasteiger partial charge in [-0.3, -0.25) is 0 Å². The zero-order valence-electron chi connectivity index (χ0n) is 8.29. The van der Waals surface area contributed by atoms with Crippen LogP contribution < -0.4 is 103 Å². The minimum absolute atomic E-state index is 0. The molecule has 2 aromatic heterocycles. The second kappa shape index (κ2) is 7.85. The number of tetrazole rings is 2. The van der Waals surface area contributed by atoms with Crippen molar-refractivity contribution in [3.63, 3.8) is 0 Å². The molecule has 0 spiro atoms. The molecule has 0 aliphatic heterocycles. The van der Waals surface area contributed by atoms with Gasteiger partial charge < -0.3 is 10.4 Å². The number of hydrogen-bond acceptors (Lipinski definition) is 10. The van der Waals surface area contributed by atoms with Crippen LogP contribution in [0.5, 0.6) is 0 Å². The first-order valence-electron chi connectivity index (χ1n) is 3.11. The molecule has 0 bridgehead atoms. The molecular formula is C2K2N10O2. The Morgan fingerprint density at radius 3 is 1.44 bits per heavy atom. The van der Waals surface area contributed by atoms with E-state index in [9.17, 15) is 10.4 Å². The van der Waals surface area contributed by atoms with E-state index in [0.717, 1.165) is 0 Å². The second-order valence-corrected chi connectivity index (χ2v) is 1.90. The molecule has 0 aromatic carbocycles. The average Bonchev–Trinajstić information content (AvgIpc) is 2.72. The summed E-state index contributed by atoms with van der Waals surface area (Å²) in [6, 6.07) is 0. The molecule has 0 atom stereocenters. The van der Waals surface area contributed by atoms with E-state index in [0.29, 0.717) is 0 Å². The third-order valence-electron chi connectivity index (χ3n) is 1.08. The molecule has 16 heavy (non-hydrogen) atoms. The Bertz CT molecular complexity index is 421. The van der Waals surface area contributed by atoms with Crippen LogP contribution in [0.3, 0.4) is 0 Å². The minimum atomic E-state index is -0.409. The molecule has 0 amide bonds. The van der Waals surface area contributed by atoms with Gasteiger partial charge >= 0.3 is 103 Å². The van der Waals surface area contributed by atoms with Gasteiger partial charge in [0, 0.05) is 0 Å². The van der Waals surface area contributed by atoms with E-state index in [1.54, 1.807) is 0 Å². The maximum atomic E-state index is 10.7. The molecule has 0 saturated heterocycles. The van der Waals surface area contributed by atoms with Crippen LogP contribution in [0.1, 0.15) is 0 Å². The summed E-state index contributed by atoms with van der Waals surface area (Å²) in [5.74, 6) is -0.819. The van der Waals surface area contributed by atoms with Gasteiger partial charge in [0.25, 0.3) is 11.9 Å². The topological polar surface area (TPSA) is 158 Å². The Kier molecular flexibility index (Phi) is 8.15. The van der Waals surface area contributed by atoms with Crippen molar-refractivity contribution in [1.29, 1.82) is 0 Å². The van der Waals surface area contributed by atoms with Crippen molar-refractivity contribution in [2.24, 2.45) is 10.2 Å². The van der Waals surface area contributed by atoms with Crippen LogP contribution in [-0.2, 0) is 0 Å². The summed E-state index contributed by atoms with van der Waals surface area (Å²) in [5.41, 5.74) is 0. The van der Waals surface area contributed by atoms with Crippen molar-refractivity contribution >= 4 is 11.9 Å². The van der Waals surface area contributed by atoms with Crippen LogP contribution in [0.2, 0.25) is 0 Å². The minimum Gasteiger partial charge on any atom is -0.787 e. The zero-order valence-corrected chi connectivity index (χ0v) is 14.5. The summed E-state index contributed by atoms with van der Waals surface area (Å²) in [6.07, 6.45) is 0. The van der Waals surface area contributed by atoms with E-state index in [2.05, 4.69) is 41.3 Å². The molecule has 2 heterocycles. The molecule has 12 nitrogen and oxygen atoms in total. The van der Waals surface area contributed by atoms with Gasteiger partial charge in [0.15, 0.2) is 0 Å². The van der Waals surface area contributed by atoms with Crippen LogP contribution in [0.15, 0.2) is 10.2 Å². The molecule has 0 saturated carbocycles. The quantitative estimate of drug-likeness (QED) is 0.386. The van der Waals surface area contributed by atoms with Crippen molar-refractivity contribution in [2.45, 2.75) is 0 Å². The Hall–Kier alpha value is 0.613. The zero-order chi connectivity index (χ0) is 9.97. The van der Waals surface area contributed by atoms with E-state index >= 15 is 0 Å². The fourth-order valence-corrected chi connectivity index (χ4v) is 0.555. The van der Waals surface area contributed by atoms with Crippen LogP contribution in [0, 0.1) is 10.4 Å². The summed E-state index contributed by atoms with van der Waals surface area (Å²) < 4.78 is 0. The van der Waals surface area contributed by atoms with E-state index < -0.39 is 11.9 Å². The Morgan fingerprint density at radius 1 is 0.812 bits per heavy atom. The van der Waals surface area contributed by atoms with Crippen molar-refractivity contribution in [2.75, 3.05) is 0 Å². The van der Waals surface area contributed by atoms with Gasteiger partial charge in [-0.25, -0.2) is 9.69 Å². The maximum Gasteiger partial charge on any atom is 1.00 e. The van der Waals surface area contributed by atoms with Crippen molar-refractivity contribution in [1.82, 2.24) is 40.7 Å². The summed E-state index contributed by atoms with van der Waals surface area (Å²) in [6.45, 7) is 0. The molecule has 2 rings (SSSR count). The first-order valence-corrected chi connectivity index (χ1v) is 3.11. The van der Waals surface area contributed by atoms with Gasteiger partial charge in [-0.05, 0) is 20.9 Å². The average molecular weight is 274 g/mol. The van der Waals surface area contributed by atoms with E-state index in [4.69, 9.17) is 0 Å². The largest absolute Gasteiger partial charge is 1.00 e. The van der Waals surface area contributed by atoms with Gasteiger partial charge in [0.05, 0.1) is 0 Å². The SMILES string of the molecule is [K+].[K+].[O-]n1nnnc1/N=N/c1nnnn1[O-]. The van der Waals surface area contributed by atoms with Gasteiger partial charge in [-0.2, -0.15) is 0 Å². The van der Waals surface area contributed by atoms with Crippen molar-refractivity contribution in [3.05, 3.63) is 10.4 Å². The van der Waals surface area contributed by atoms with Crippen LogP contribution in [0.25, 0.3) is 0 Å². The standard InChI is InChI=1S/C2N10O2.2K/c13-11-1(5-7-9-11)3-4-2-6-8-10-12(2)14;;/q-2;2*+1/b4-3+;;. The second-order valence-electron chi connectivity index (χ2n) is 1.90. The van der Waals surface area contributed by atoms with E-state index in [-0.39, 0.29) is 112 Å². The van der Waals surface area contributed by atoms with Gasteiger partial charge in [0.2, 0.25) is 0 Å². The summed E-state index contributed by atoms with van der Waals surface area (Å²) >= 11 is 0. The van der Waals surface area contributed by atoms with Crippen molar-refractivity contribution < 1.29 is 103 Å². The molecule has 0 N–H and O–H groups in total. The third kappa shape index (κ3) is 4.13. The van der Waals surface area contributed by atoms with Crippen molar-refractivity contribution in [3.8, 4) is 0 Å². The van der Waals surface area contributed by atoms with Crippen LogP contribution in [0.4, 0.5) is 11.9 Å². The molecule has 0 fully saturated rings. The molecule has 0 aliphatic rings. The predicted molar refractivity (Wildman–Crippen MR) is 37.3 cm³/mol. The molecule has 0 radical (unpaired) electrons. The number of azo groups is 1. The molecule has 2 aromatic rings. The number of nitrogens with zero attached hydrogens (tertiary/aromatic N) is 10. The monoisotopic (exact) mass is 274 g/mol. The normalized spacial score (nSPS) is 9.75. The fourth-order valence-electron chi connectivity index (χ4n) is 0.555. The van der Waals surface area contributed by atoms with Crippen LogP contribution in [-0.4, -0.2) is 40.7 Å². The predicted octanol–water partition coefficient (Wildman–Crippen LogP) is -7.23. The smallest absolute Gasteiger partial charge is 0.787 e. The summed E-state index contributed by atoms with van der Waals surface area (Å²) in [5, 5.41) is 46.1. The maximum absolute atomic E-state index is 10.7.